The molecule has 3 rings (SSSR count). The van der Waals surface area contributed by atoms with E-state index in [2.05, 4.69) is 22.7 Å². The van der Waals surface area contributed by atoms with Crippen molar-refractivity contribution < 1.29 is 9.13 Å². The van der Waals surface area contributed by atoms with E-state index in [-0.39, 0.29) is 11.9 Å². The molecule has 1 saturated carbocycles. The molecule has 1 heterocycles. The Morgan fingerprint density at radius 1 is 1.20 bits per heavy atom. The molecule has 25 heavy (non-hydrogen) atoms. The largest absolute Gasteiger partial charge is 0.490 e. The van der Waals surface area contributed by atoms with Crippen LogP contribution >= 0.6 is 0 Å². The molecule has 0 bridgehead atoms. The highest BCUT2D eigenvalue weighted by molar-refractivity contribution is 5.27. The Bertz CT molecular complexity index is 615. The van der Waals surface area contributed by atoms with Gasteiger partial charge in [0.25, 0.3) is 0 Å². The molecule has 0 spiro atoms. The van der Waals surface area contributed by atoms with Crippen LogP contribution in [0, 0.1) is 11.7 Å². The smallest absolute Gasteiger partial charge is 0.123 e. The number of hydrogen-bond donors (Lipinski definition) is 0. The number of likely N-dealkylation sites (tertiary alicyclic amines) is 1. The first kappa shape index (κ1) is 17.9. The molecule has 0 radical (unpaired) electrons. The summed E-state index contributed by atoms with van der Waals surface area (Å²) in [5.41, 5.74) is 1.53. The summed E-state index contributed by atoms with van der Waals surface area (Å²) in [5, 5.41) is 0. The van der Waals surface area contributed by atoms with Gasteiger partial charge >= 0.3 is 0 Å². The maximum absolute atomic E-state index is 12.9. The van der Waals surface area contributed by atoms with Gasteiger partial charge in [-0.15, -0.1) is 0 Å². The van der Waals surface area contributed by atoms with Gasteiger partial charge < -0.3 is 9.64 Å². The van der Waals surface area contributed by atoms with Crippen LogP contribution in [-0.2, 0) is 0 Å². The van der Waals surface area contributed by atoms with E-state index in [0.29, 0.717) is 0 Å². The molecule has 1 aliphatic carbocycles. The molecule has 1 aromatic rings. The Morgan fingerprint density at radius 3 is 2.68 bits per heavy atom. The average molecular weight is 342 g/mol. The van der Waals surface area contributed by atoms with E-state index >= 15 is 0 Å². The minimum Gasteiger partial charge on any atom is -0.490 e. The molecule has 2 aliphatic rings. The number of hydrogen-bond acceptors (Lipinski definition) is 3. The molecule has 0 aromatic heterocycles. The van der Waals surface area contributed by atoms with Crippen LogP contribution in [0.3, 0.4) is 0 Å². The van der Waals surface area contributed by atoms with E-state index in [1.807, 2.05) is 6.08 Å². The van der Waals surface area contributed by atoms with Crippen LogP contribution in [0.1, 0.15) is 32.1 Å². The number of ether oxygens (including phenoxy) is 1. The number of aliphatic imine (C=N–C) groups is 1. The second-order valence-electron chi connectivity index (χ2n) is 7.03. The number of halogens is 1. The van der Waals surface area contributed by atoms with Crippen molar-refractivity contribution in [2.45, 2.75) is 38.2 Å². The van der Waals surface area contributed by atoms with Gasteiger partial charge in [0, 0.05) is 25.8 Å². The molecule has 1 unspecified atom stereocenters. The van der Waals surface area contributed by atoms with Crippen LogP contribution in [0.15, 0.2) is 53.2 Å². The maximum Gasteiger partial charge on any atom is 0.123 e. The van der Waals surface area contributed by atoms with Crippen molar-refractivity contribution in [3.05, 3.63) is 54.0 Å². The van der Waals surface area contributed by atoms with Gasteiger partial charge in [0.15, 0.2) is 0 Å². The second kappa shape index (κ2) is 8.95. The number of allylic oxidation sites excluding steroid dienone is 3. The van der Waals surface area contributed by atoms with E-state index < -0.39 is 0 Å². The molecule has 2 fully saturated rings. The molecule has 0 N–H and O–H groups in total. The van der Waals surface area contributed by atoms with Gasteiger partial charge in [0.1, 0.15) is 17.7 Å². The average Bonchev–Trinajstić information content (AvgIpc) is 3.06. The Hall–Kier alpha value is -1.94. The first-order valence-corrected chi connectivity index (χ1v) is 9.18. The van der Waals surface area contributed by atoms with E-state index in [1.165, 1.54) is 43.5 Å². The third kappa shape index (κ3) is 5.53. The molecule has 1 atom stereocenters. The summed E-state index contributed by atoms with van der Waals surface area (Å²) in [6.45, 7) is 6.81. The van der Waals surface area contributed by atoms with E-state index in [0.717, 1.165) is 37.6 Å². The molecule has 3 nitrogen and oxygen atoms in total. The van der Waals surface area contributed by atoms with Gasteiger partial charge in [-0.1, -0.05) is 11.6 Å². The quantitative estimate of drug-likeness (QED) is 0.705. The molecule has 1 aliphatic heterocycles. The minimum absolute atomic E-state index is 0.219. The lowest BCUT2D eigenvalue weighted by atomic mass is 10.0. The highest BCUT2D eigenvalue weighted by atomic mass is 19.1. The zero-order valence-corrected chi connectivity index (χ0v) is 14.7. The summed E-state index contributed by atoms with van der Waals surface area (Å²) in [7, 11) is 0. The maximum atomic E-state index is 12.9. The SMILES string of the molecule is C=N/C=C\C=C1/CCC(CN2CCC(Oc3ccc(F)cc3)CC2)C1. The molecule has 1 aromatic carbocycles. The topological polar surface area (TPSA) is 24.8 Å². The highest BCUT2D eigenvalue weighted by Gasteiger charge is 2.25. The Morgan fingerprint density at radius 2 is 1.96 bits per heavy atom. The molecule has 134 valence electrons. The monoisotopic (exact) mass is 342 g/mol. The van der Waals surface area contributed by atoms with E-state index in [1.54, 1.807) is 18.3 Å². The summed E-state index contributed by atoms with van der Waals surface area (Å²) in [6.07, 6.45) is 11.9. The molecule has 4 heteroatoms. The number of rotatable bonds is 6. The van der Waals surface area contributed by atoms with Gasteiger partial charge in [-0.25, -0.2) is 4.39 Å². The van der Waals surface area contributed by atoms with E-state index in [4.69, 9.17) is 4.74 Å². The Kier molecular flexibility index (Phi) is 6.40. The zero-order chi connectivity index (χ0) is 17.5. The van der Waals surface area contributed by atoms with Crippen molar-refractivity contribution in [3.63, 3.8) is 0 Å². The lowest BCUT2D eigenvalue weighted by Gasteiger charge is -2.33. The Labute approximate surface area is 149 Å². The van der Waals surface area contributed by atoms with Crippen molar-refractivity contribution in [2.24, 2.45) is 10.9 Å². The molecule has 0 amide bonds. The van der Waals surface area contributed by atoms with Gasteiger partial charge in [0.05, 0.1) is 0 Å². The standard InChI is InChI=1S/C21H27FN2O/c1-23-12-2-3-17-4-5-18(15-17)16-24-13-10-21(11-14-24)25-20-8-6-19(22)7-9-20/h2-3,6-9,12,18,21H,1,4-5,10-11,13-16H2/b12-2-,17-3+. The summed E-state index contributed by atoms with van der Waals surface area (Å²) in [6, 6.07) is 6.33. The van der Waals surface area contributed by atoms with Crippen LogP contribution in [0.4, 0.5) is 4.39 Å². The zero-order valence-electron chi connectivity index (χ0n) is 14.7. The van der Waals surface area contributed by atoms with Crippen molar-refractivity contribution in [2.75, 3.05) is 19.6 Å². The predicted molar refractivity (Wildman–Crippen MR) is 101 cm³/mol. The van der Waals surface area contributed by atoms with Gasteiger partial charge in [-0.2, -0.15) is 0 Å². The van der Waals surface area contributed by atoms with Crippen molar-refractivity contribution >= 4 is 6.72 Å². The third-order valence-electron chi connectivity index (χ3n) is 5.12. The summed E-state index contributed by atoms with van der Waals surface area (Å²) in [5.74, 6) is 1.32. The molecular weight excluding hydrogens is 315 g/mol. The fraction of sp³-hybridized carbons (Fsp3) is 0.476. The third-order valence-corrected chi connectivity index (χ3v) is 5.12. The van der Waals surface area contributed by atoms with E-state index in [9.17, 15) is 4.39 Å². The normalized spacial score (nSPS) is 24.2. The number of benzene rings is 1. The van der Waals surface area contributed by atoms with Crippen LogP contribution < -0.4 is 4.74 Å². The number of nitrogens with zero attached hydrogens (tertiary/aromatic N) is 2. The van der Waals surface area contributed by atoms with Crippen molar-refractivity contribution in [1.82, 2.24) is 4.90 Å². The van der Waals surface area contributed by atoms with Crippen LogP contribution in [0.2, 0.25) is 0 Å². The second-order valence-corrected chi connectivity index (χ2v) is 7.03. The van der Waals surface area contributed by atoms with Crippen molar-refractivity contribution in [1.29, 1.82) is 0 Å². The van der Waals surface area contributed by atoms with Gasteiger partial charge in [-0.05, 0) is 75.1 Å². The lowest BCUT2D eigenvalue weighted by molar-refractivity contribution is 0.0918. The fourth-order valence-electron chi connectivity index (χ4n) is 3.79. The summed E-state index contributed by atoms with van der Waals surface area (Å²) < 4.78 is 18.9. The first-order chi connectivity index (χ1) is 12.2. The first-order valence-electron chi connectivity index (χ1n) is 9.18. The van der Waals surface area contributed by atoms with Gasteiger partial charge in [-0.3, -0.25) is 4.99 Å². The van der Waals surface area contributed by atoms with Gasteiger partial charge in [0.2, 0.25) is 0 Å². The van der Waals surface area contributed by atoms with Crippen LogP contribution in [0.5, 0.6) is 5.75 Å². The molecular formula is C21H27FN2O. The predicted octanol–water partition coefficient (Wildman–Crippen LogP) is 4.61. The minimum atomic E-state index is -0.219. The number of piperidine rings is 1. The Balaban J connectivity index is 1.39. The van der Waals surface area contributed by atoms with Crippen LogP contribution in [0.25, 0.3) is 0 Å². The summed E-state index contributed by atoms with van der Waals surface area (Å²) in [4.78, 5) is 6.31. The lowest BCUT2D eigenvalue weighted by Crippen LogP contribution is -2.40. The van der Waals surface area contributed by atoms with Crippen molar-refractivity contribution in [3.8, 4) is 5.75 Å². The fourth-order valence-corrected chi connectivity index (χ4v) is 3.79. The summed E-state index contributed by atoms with van der Waals surface area (Å²) >= 11 is 0. The highest BCUT2D eigenvalue weighted by Crippen LogP contribution is 2.31. The van der Waals surface area contributed by atoms with Crippen LogP contribution in [-0.4, -0.2) is 37.4 Å². The molecule has 1 saturated heterocycles.